The minimum atomic E-state index is -0.348. The summed E-state index contributed by atoms with van der Waals surface area (Å²) in [6, 6.07) is 0. The summed E-state index contributed by atoms with van der Waals surface area (Å²) in [5.74, 6) is 0.380. The second-order valence-electron chi connectivity index (χ2n) is 2.02. The van der Waals surface area contributed by atoms with Gasteiger partial charge in [-0.05, 0) is 13.3 Å². The summed E-state index contributed by atoms with van der Waals surface area (Å²) < 4.78 is 11.5. The van der Waals surface area contributed by atoms with Gasteiger partial charge < -0.3 is 0 Å². The van der Waals surface area contributed by atoms with Gasteiger partial charge in [-0.25, -0.2) is 0 Å². The molecule has 0 fully saturated rings. The number of halogens is 2. The first kappa shape index (κ1) is 8.57. The predicted molar refractivity (Wildman–Crippen MR) is 38.1 cm³/mol. The monoisotopic (exact) mass is 156 g/mol. The Bertz CT molecular complexity index is 65.4. The van der Waals surface area contributed by atoms with Crippen LogP contribution in [0.4, 0.5) is 3.89 Å². The van der Waals surface area contributed by atoms with Gasteiger partial charge in [-0.2, -0.15) is 3.89 Å². The van der Waals surface area contributed by atoms with Gasteiger partial charge in [0.15, 0.2) is 0 Å². The summed E-state index contributed by atoms with van der Waals surface area (Å²) in [6.45, 7) is 3.78. The molecule has 3 heteroatoms. The Kier molecular flexibility index (Phi) is 3.82. The maximum Gasteiger partial charge on any atom is 0.0531 e. The van der Waals surface area contributed by atoms with E-state index in [9.17, 15) is 3.89 Å². The van der Waals surface area contributed by atoms with E-state index in [1.807, 2.05) is 13.8 Å². The van der Waals surface area contributed by atoms with Gasteiger partial charge in [-0.1, -0.05) is 6.92 Å². The Balaban J connectivity index is 3.37. The largest absolute Gasteiger partial charge is 0.165 e. The van der Waals surface area contributed by atoms with Crippen LogP contribution >= 0.6 is 23.7 Å². The highest BCUT2D eigenvalue weighted by Crippen LogP contribution is 2.23. The van der Waals surface area contributed by atoms with E-state index in [1.54, 1.807) is 0 Å². The molecule has 1 atom stereocenters. The smallest absolute Gasteiger partial charge is 0.0531 e. The third-order valence-corrected chi connectivity index (χ3v) is 2.40. The number of hydrogen-bond donors (Lipinski definition) is 0. The van der Waals surface area contributed by atoms with E-state index in [0.29, 0.717) is 17.9 Å². The molecule has 0 radical (unpaired) electrons. The van der Waals surface area contributed by atoms with E-state index in [4.69, 9.17) is 11.6 Å². The zero-order chi connectivity index (χ0) is 6.62. The highest BCUT2D eigenvalue weighted by molar-refractivity contribution is 7.94. The zero-order valence-electron chi connectivity index (χ0n) is 5.08. The lowest BCUT2D eigenvalue weighted by atomic mass is 10.1. The van der Waals surface area contributed by atoms with Crippen LogP contribution < -0.4 is 0 Å². The summed E-state index contributed by atoms with van der Waals surface area (Å²) in [4.78, 5) is -0.348. The van der Waals surface area contributed by atoms with Crippen molar-refractivity contribution in [1.29, 1.82) is 0 Å². The standard InChI is InChI=1S/C5H10ClFS/c1-3-5(2,6)4-8-7/h3-4H2,1-2H3. The van der Waals surface area contributed by atoms with Crippen LogP contribution in [0.5, 0.6) is 0 Å². The van der Waals surface area contributed by atoms with Crippen LogP contribution in [0.2, 0.25) is 0 Å². The lowest BCUT2D eigenvalue weighted by Gasteiger charge is -2.15. The fourth-order valence-electron chi connectivity index (χ4n) is 0.216. The zero-order valence-corrected chi connectivity index (χ0v) is 6.65. The van der Waals surface area contributed by atoms with E-state index in [1.165, 1.54) is 0 Å². The molecule has 0 N–H and O–H groups in total. The topological polar surface area (TPSA) is 0 Å². The summed E-state index contributed by atoms with van der Waals surface area (Å²) in [6.07, 6.45) is 0.811. The van der Waals surface area contributed by atoms with Gasteiger partial charge in [0.2, 0.25) is 0 Å². The molecule has 0 saturated heterocycles. The van der Waals surface area contributed by atoms with E-state index >= 15 is 0 Å². The van der Waals surface area contributed by atoms with Crippen LogP contribution in [-0.4, -0.2) is 10.6 Å². The number of hydrogen-bond acceptors (Lipinski definition) is 1. The van der Waals surface area contributed by atoms with Crippen molar-refractivity contribution >= 4 is 23.7 Å². The van der Waals surface area contributed by atoms with Gasteiger partial charge in [0.1, 0.15) is 0 Å². The minimum absolute atomic E-state index is 0.301. The molecule has 0 aromatic rings. The molecule has 0 aliphatic rings. The van der Waals surface area contributed by atoms with Gasteiger partial charge in [0, 0.05) is 17.9 Å². The Morgan fingerprint density at radius 2 is 2.25 bits per heavy atom. The lowest BCUT2D eigenvalue weighted by molar-refractivity contribution is 0.675. The Morgan fingerprint density at radius 3 is 2.38 bits per heavy atom. The van der Waals surface area contributed by atoms with Crippen molar-refractivity contribution in [3.05, 3.63) is 0 Å². The maximum absolute atomic E-state index is 11.5. The van der Waals surface area contributed by atoms with Crippen LogP contribution in [0.25, 0.3) is 0 Å². The fraction of sp³-hybridized carbons (Fsp3) is 1.00. The van der Waals surface area contributed by atoms with Gasteiger partial charge in [0.25, 0.3) is 0 Å². The molecule has 8 heavy (non-hydrogen) atoms. The van der Waals surface area contributed by atoms with Crippen molar-refractivity contribution in [3.8, 4) is 0 Å². The number of rotatable bonds is 3. The lowest BCUT2D eigenvalue weighted by Crippen LogP contribution is -2.16. The third kappa shape index (κ3) is 3.56. The first-order valence-electron chi connectivity index (χ1n) is 2.55. The van der Waals surface area contributed by atoms with Crippen LogP contribution in [0, 0.1) is 0 Å². The second-order valence-corrected chi connectivity index (χ2v) is 3.44. The van der Waals surface area contributed by atoms with Crippen molar-refractivity contribution in [3.63, 3.8) is 0 Å². The van der Waals surface area contributed by atoms with Crippen molar-refractivity contribution in [2.75, 3.05) is 5.75 Å². The molecule has 0 saturated carbocycles. The minimum Gasteiger partial charge on any atom is -0.165 e. The molecule has 0 aromatic heterocycles. The molecular weight excluding hydrogens is 147 g/mol. The van der Waals surface area contributed by atoms with Gasteiger partial charge in [-0.3, -0.25) is 0 Å². The van der Waals surface area contributed by atoms with Crippen LogP contribution in [0.3, 0.4) is 0 Å². The molecule has 1 unspecified atom stereocenters. The Morgan fingerprint density at radius 1 is 1.75 bits per heavy atom. The average Bonchev–Trinajstić information content (AvgIpc) is 1.67. The molecule has 0 aromatic carbocycles. The summed E-state index contributed by atoms with van der Waals surface area (Å²) in [5, 5.41) is 0. The molecule has 0 heterocycles. The summed E-state index contributed by atoms with van der Waals surface area (Å²) in [7, 11) is 0. The van der Waals surface area contributed by atoms with Crippen LogP contribution in [0.15, 0.2) is 0 Å². The molecule has 0 bridgehead atoms. The SMILES string of the molecule is CCC(C)(Cl)CSF. The molecular formula is C5H10ClFS. The summed E-state index contributed by atoms with van der Waals surface area (Å²) in [5.41, 5.74) is 0. The quantitative estimate of drug-likeness (QED) is 0.567. The normalized spacial score (nSPS) is 18.0. The van der Waals surface area contributed by atoms with Gasteiger partial charge in [-0.15, -0.1) is 11.6 Å². The van der Waals surface area contributed by atoms with Crippen molar-refractivity contribution in [2.24, 2.45) is 0 Å². The van der Waals surface area contributed by atoms with Crippen LogP contribution in [-0.2, 0) is 0 Å². The highest BCUT2D eigenvalue weighted by Gasteiger charge is 2.17. The molecule has 0 aliphatic heterocycles. The first-order chi connectivity index (χ1) is 3.62. The molecule has 0 spiro atoms. The highest BCUT2D eigenvalue weighted by atomic mass is 35.5. The first-order valence-corrected chi connectivity index (χ1v) is 3.81. The molecule has 0 nitrogen and oxygen atoms in total. The van der Waals surface area contributed by atoms with E-state index in [-0.39, 0.29) is 4.87 Å². The third-order valence-electron chi connectivity index (χ3n) is 1.09. The van der Waals surface area contributed by atoms with E-state index < -0.39 is 0 Å². The van der Waals surface area contributed by atoms with E-state index in [2.05, 4.69) is 0 Å². The van der Waals surface area contributed by atoms with Crippen molar-refractivity contribution < 1.29 is 3.89 Å². The molecule has 0 amide bonds. The van der Waals surface area contributed by atoms with E-state index in [0.717, 1.165) is 6.42 Å². The Hall–Kier alpha value is 0.570. The van der Waals surface area contributed by atoms with Crippen LogP contribution in [0.1, 0.15) is 20.3 Å². The maximum atomic E-state index is 11.5. The summed E-state index contributed by atoms with van der Waals surface area (Å²) >= 11 is 6.06. The second kappa shape index (κ2) is 3.57. The van der Waals surface area contributed by atoms with Crippen molar-refractivity contribution in [1.82, 2.24) is 0 Å². The fourth-order valence-corrected chi connectivity index (χ4v) is 0.771. The predicted octanol–water partition coefficient (Wildman–Crippen LogP) is 3.01. The van der Waals surface area contributed by atoms with Crippen molar-refractivity contribution in [2.45, 2.75) is 25.1 Å². The average molecular weight is 157 g/mol. The number of alkyl halides is 1. The van der Waals surface area contributed by atoms with Gasteiger partial charge >= 0.3 is 0 Å². The Labute approximate surface area is 59.1 Å². The molecule has 0 aliphatic carbocycles. The molecule has 50 valence electrons. The van der Waals surface area contributed by atoms with Gasteiger partial charge in [0.05, 0.1) is 4.87 Å². The molecule has 0 rings (SSSR count).